The zero-order valence-corrected chi connectivity index (χ0v) is 15.6. The molecule has 1 aliphatic carbocycles. The minimum atomic E-state index is 0.204. The van der Waals surface area contributed by atoms with Crippen molar-refractivity contribution in [3.63, 3.8) is 0 Å². The molecule has 2 rings (SSSR count). The average molecular weight is 319 g/mol. The average Bonchev–Trinajstić information content (AvgIpc) is 2.48. The summed E-state index contributed by atoms with van der Waals surface area (Å²) in [5.74, 6) is 0. The fourth-order valence-corrected chi connectivity index (χ4v) is 3.09. The highest BCUT2D eigenvalue weighted by molar-refractivity contribution is 5.48. The summed E-state index contributed by atoms with van der Waals surface area (Å²) in [6.07, 6.45) is 5.20. The van der Waals surface area contributed by atoms with Gasteiger partial charge in [0.05, 0.1) is 12.7 Å². The molecule has 0 spiro atoms. The second-order valence-corrected chi connectivity index (χ2v) is 8.12. The van der Waals surface area contributed by atoms with E-state index in [1.54, 1.807) is 0 Å². The summed E-state index contributed by atoms with van der Waals surface area (Å²) < 4.78 is 5.99. The van der Waals surface area contributed by atoms with Crippen molar-refractivity contribution >= 4 is 5.69 Å². The zero-order chi connectivity index (χ0) is 16.9. The molecule has 0 heterocycles. The molecule has 0 aliphatic heterocycles. The van der Waals surface area contributed by atoms with E-state index in [-0.39, 0.29) is 5.41 Å². The third kappa shape index (κ3) is 6.15. The van der Waals surface area contributed by atoms with Crippen molar-refractivity contribution in [2.45, 2.75) is 64.0 Å². The second-order valence-electron chi connectivity index (χ2n) is 8.12. The molecule has 1 saturated carbocycles. The quantitative estimate of drug-likeness (QED) is 0.847. The number of hydrogen-bond acceptors (Lipinski definition) is 3. The highest BCUT2D eigenvalue weighted by Gasteiger charge is 2.22. The maximum absolute atomic E-state index is 5.99. The minimum absolute atomic E-state index is 0.204. The molecule has 0 aromatic heterocycles. The lowest BCUT2D eigenvalue weighted by atomic mass is 9.86. The first-order valence-electron chi connectivity index (χ1n) is 8.98. The van der Waals surface area contributed by atoms with Gasteiger partial charge in [0.1, 0.15) is 0 Å². The predicted octanol–water partition coefficient (Wildman–Crippen LogP) is 4.29. The molecule has 130 valence electrons. The summed E-state index contributed by atoms with van der Waals surface area (Å²) in [4.78, 5) is 2.18. The van der Waals surface area contributed by atoms with Crippen LogP contribution in [-0.2, 0) is 10.2 Å². The lowest BCUT2D eigenvalue weighted by Crippen LogP contribution is -2.31. The van der Waals surface area contributed by atoms with Crippen LogP contribution < -0.4 is 5.32 Å². The molecule has 1 N–H and O–H groups in total. The summed E-state index contributed by atoms with van der Waals surface area (Å²) in [7, 11) is 4.19. The molecule has 0 bridgehead atoms. The highest BCUT2D eigenvalue weighted by Crippen LogP contribution is 2.27. The van der Waals surface area contributed by atoms with Crippen LogP contribution in [0.25, 0.3) is 0 Å². The van der Waals surface area contributed by atoms with E-state index in [9.17, 15) is 0 Å². The minimum Gasteiger partial charge on any atom is -0.382 e. The topological polar surface area (TPSA) is 24.5 Å². The predicted molar refractivity (Wildman–Crippen MR) is 99.3 cm³/mol. The number of nitrogens with zero attached hydrogens (tertiary/aromatic N) is 1. The third-order valence-electron chi connectivity index (χ3n) is 4.67. The Kier molecular flexibility index (Phi) is 6.49. The maximum Gasteiger partial charge on any atom is 0.0596 e. The van der Waals surface area contributed by atoms with E-state index >= 15 is 0 Å². The van der Waals surface area contributed by atoms with E-state index in [4.69, 9.17) is 4.74 Å². The van der Waals surface area contributed by atoms with Gasteiger partial charge < -0.3 is 15.0 Å². The van der Waals surface area contributed by atoms with Gasteiger partial charge in [0, 0.05) is 18.3 Å². The lowest BCUT2D eigenvalue weighted by molar-refractivity contribution is 0.0196. The van der Waals surface area contributed by atoms with E-state index in [0.29, 0.717) is 12.1 Å². The number of anilines is 1. The fraction of sp³-hybridized carbons (Fsp3) is 0.700. The Bertz CT molecular complexity index is 471. The summed E-state index contributed by atoms with van der Waals surface area (Å²) in [5.41, 5.74) is 2.85. The van der Waals surface area contributed by atoms with E-state index in [2.05, 4.69) is 69.3 Å². The van der Waals surface area contributed by atoms with Crippen LogP contribution in [0.15, 0.2) is 24.3 Å². The van der Waals surface area contributed by atoms with Crippen LogP contribution in [-0.4, -0.2) is 44.3 Å². The Balaban J connectivity index is 1.78. The molecule has 0 saturated heterocycles. The van der Waals surface area contributed by atoms with E-state index < -0.39 is 0 Å². The number of benzene rings is 1. The van der Waals surface area contributed by atoms with Crippen molar-refractivity contribution in [2.75, 3.05) is 32.6 Å². The van der Waals surface area contributed by atoms with Crippen LogP contribution in [0.5, 0.6) is 0 Å². The van der Waals surface area contributed by atoms with Gasteiger partial charge in [-0.3, -0.25) is 0 Å². The van der Waals surface area contributed by atoms with Gasteiger partial charge in [-0.15, -0.1) is 0 Å². The Morgan fingerprint density at radius 1 is 1.13 bits per heavy atom. The maximum atomic E-state index is 5.99. The van der Waals surface area contributed by atoms with Gasteiger partial charge in [0.15, 0.2) is 0 Å². The molecule has 3 heteroatoms. The van der Waals surface area contributed by atoms with Gasteiger partial charge in [0.2, 0.25) is 0 Å². The van der Waals surface area contributed by atoms with Gasteiger partial charge in [-0.2, -0.15) is 0 Å². The molecule has 1 fully saturated rings. The lowest BCUT2D eigenvalue weighted by Gasteiger charge is -2.30. The van der Waals surface area contributed by atoms with Gasteiger partial charge >= 0.3 is 0 Å². The second kappa shape index (κ2) is 8.16. The van der Waals surface area contributed by atoms with E-state index in [1.165, 1.54) is 36.9 Å². The van der Waals surface area contributed by atoms with Gasteiger partial charge in [-0.1, -0.05) is 32.9 Å². The first-order chi connectivity index (χ1) is 10.8. The first-order valence-corrected chi connectivity index (χ1v) is 8.98. The Morgan fingerprint density at radius 2 is 1.83 bits per heavy atom. The van der Waals surface area contributed by atoms with Crippen molar-refractivity contribution in [2.24, 2.45) is 0 Å². The molecule has 0 radical (unpaired) electrons. The molecular formula is C20H34N2O. The van der Waals surface area contributed by atoms with Crippen molar-refractivity contribution in [1.82, 2.24) is 4.90 Å². The summed E-state index contributed by atoms with van der Waals surface area (Å²) in [6, 6.07) is 9.47. The normalized spacial score (nSPS) is 22.3. The zero-order valence-electron chi connectivity index (χ0n) is 15.6. The molecule has 23 heavy (non-hydrogen) atoms. The van der Waals surface area contributed by atoms with Gasteiger partial charge in [0.25, 0.3) is 0 Å². The highest BCUT2D eigenvalue weighted by atomic mass is 16.5. The molecule has 0 amide bonds. The summed E-state index contributed by atoms with van der Waals surface area (Å²) in [5, 5.41) is 3.72. The molecule has 1 aliphatic rings. The van der Waals surface area contributed by atoms with Crippen LogP contribution in [0, 0.1) is 0 Å². The monoisotopic (exact) mass is 318 g/mol. The van der Waals surface area contributed by atoms with E-state index in [0.717, 1.165) is 13.2 Å². The third-order valence-corrected chi connectivity index (χ3v) is 4.67. The summed E-state index contributed by atoms with van der Waals surface area (Å²) in [6.45, 7) is 8.66. The van der Waals surface area contributed by atoms with E-state index in [1.807, 2.05) is 0 Å². The van der Waals surface area contributed by atoms with Crippen LogP contribution in [0.3, 0.4) is 0 Å². The van der Waals surface area contributed by atoms with Gasteiger partial charge in [-0.05, 0) is 62.9 Å². The molecule has 3 nitrogen and oxygen atoms in total. The summed E-state index contributed by atoms with van der Waals surface area (Å²) >= 11 is 0. The van der Waals surface area contributed by atoms with Crippen LogP contribution in [0.4, 0.5) is 5.69 Å². The van der Waals surface area contributed by atoms with Crippen molar-refractivity contribution in [3.8, 4) is 0 Å². The number of rotatable bonds is 6. The van der Waals surface area contributed by atoms with Gasteiger partial charge in [-0.25, -0.2) is 0 Å². The molecular weight excluding hydrogens is 284 g/mol. The van der Waals surface area contributed by atoms with Crippen molar-refractivity contribution in [1.29, 1.82) is 0 Å². The van der Waals surface area contributed by atoms with Crippen LogP contribution in [0.2, 0.25) is 0 Å². The Labute approximate surface area is 142 Å². The van der Waals surface area contributed by atoms with Crippen LogP contribution in [0.1, 0.15) is 52.0 Å². The molecule has 1 aromatic carbocycles. The largest absolute Gasteiger partial charge is 0.382 e. The fourth-order valence-electron chi connectivity index (χ4n) is 3.09. The molecule has 0 atom stereocenters. The molecule has 0 unspecified atom stereocenters. The number of hydrogen-bond donors (Lipinski definition) is 1. The first kappa shape index (κ1) is 18.3. The Morgan fingerprint density at radius 3 is 2.43 bits per heavy atom. The number of likely N-dealkylation sites (N-methyl/N-ethyl adjacent to an activating group) is 1. The van der Waals surface area contributed by atoms with Crippen LogP contribution >= 0.6 is 0 Å². The Hall–Kier alpha value is -1.06. The smallest absolute Gasteiger partial charge is 0.0596 e. The molecule has 1 aromatic rings. The standard InChI is InChI=1S/C20H34N2O/c1-20(2,3)16-7-6-8-18(15-16)21-17-9-11-19(12-10-17)23-14-13-22(4)5/h6-8,15,17,19,21H,9-14H2,1-5H3. The van der Waals surface area contributed by atoms with Crippen molar-refractivity contribution in [3.05, 3.63) is 29.8 Å². The number of nitrogens with one attached hydrogen (secondary N) is 1. The van der Waals surface area contributed by atoms with Crippen molar-refractivity contribution < 1.29 is 4.74 Å². The SMILES string of the molecule is CN(C)CCOC1CCC(Nc2cccc(C(C)(C)C)c2)CC1. The number of ether oxygens (including phenoxy) is 1.